The van der Waals surface area contributed by atoms with E-state index in [0.717, 1.165) is 54.6 Å². The monoisotopic (exact) mass is 858 g/mol. The van der Waals surface area contributed by atoms with Gasteiger partial charge in [0, 0.05) is 12.8 Å². The van der Waals surface area contributed by atoms with Crippen LogP contribution in [0.1, 0.15) is 41.5 Å². The summed E-state index contributed by atoms with van der Waals surface area (Å²) in [5, 5.41) is 6.30. The number of esters is 2. The summed E-state index contributed by atoms with van der Waals surface area (Å²) >= 11 is 0. The second-order valence-corrected chi connectivity index (χ2v) is 14.9. The summed E-state index contributed by atoms with van der Waals surface area (Å²) in [4.78, 5) is 26.2. The molecule has 1 atom stereocenters. The van der Waals surface area contributed by atoms with Gasteiger partial charge in [0.25, 0.3) is 0 Å². The summed E-state index contributed by atoms with van der Waals surface area (Å²) in [5.41, 5.74) is 2.08. The van der Waals surface area contributed by atoms with Crippen molar-refractivity contribution in [3.05, 3.63) is 185 Å². The van der Waals surface area contributed by atoms with Crippen LogP contribution in [0.2, 0.25) is 0 Å². The molecule has 8 aromatic carbocycles. The molecule has 0 saturated heterocycles. The molecular weight excluding hydrogens is 820 g/mol. The van der Waals surface area contributed by atoms with E-state index >= 15 is 0 Å². The Morgan fingerprint density at radius 2 is 1.05 bits per heavy atom. The lowest BCUT2D eigenvalue weighted by molar-refractivity contribution is -0.152. The summed E-state index contributed by atoms with van der Waals surface area (Å²) in [6.07, 6.45) is -1.88. The molecule has 63 heavy (non-hydrogen) atoms. The Balaban J connectivity index is 1.11. The first kappa shape index (κ1) is 42.6. The van der Waals surface area contributed by atoms with Crippen LogP contribution in [0, 0.1) is 29.1 Å². The van der Waals surface area contributed by atoms with Gasteiger partial charge in [0.1, 0.15) is 23.2 Å². The molecule has 0 fully saturated rings. The fraction of sp³-hybridized carbons (Fsp3) is 0.176. The molecule has 0 heterocycles. The van der Waals surface area contributed by atoms with Crippen molar-refractivity contribution in [3.63, 3.8) is 0 Å². The van der Waals surface area contributed by atoms with Crippen molar-refractivity contribution in [1.82, 2.24) is 0 Å². The molecule has 0 spiro atoms. The third-order valence-electron chi connectivity index (χ3n) is 11.2. The van der Waals surface area contributed by atoms with Crippen LogP contribution in [0.15, 0.2) is 133 Å². The molecule has 1 unspecified atom stereocenters. The number of halogens is 5. The highest BCUT2D eigenvalue weighted by Gasteiger charge is 2.38. The van der Waals surface area contributed by atoms with E-state index in [9.17, 15) is 31.5 Å². The van der Waals surface area contributed by atoms with Crippen LogP contribution in [0.3, 0.4) is 0 Å². The number of benzene rings is 8. The minimum atomic E-state index is -2.40. The summed E-state index contributed by atoms with van der Waals surface area (Å²) < 4.78 is 98.3. The Labute approximate surface area is 358 Å². The standard InChI is InChI=1S/C51H39F5O7/c1-59-37-20-16-35(17-21-37)51(34-9-4-3-5-10-34,36-18-22-38(60-2)23-19-36)61-28-27-39(62-41(57)25-26-42(58)63-50-48(55)46(53)45(52)47(54)49(50)56)29-33-14-13-32-12-11-30-7-6-8-31-15-24-40(33)44(32)43(30)31/h3-24,39H,25-29H2,1-2H3. The lowest BCUT2D eigenvalue weighted by atomic mass is 9.80. The number of hydrogen-bond donors (Lipinski definition) is 0. The van der Waals surface area contributed by atoms with Crippen LogP contribution in [-0.4, -0.2) is 38.9 Å². The maximum Gasteiger partial charge on any atom is 0.311 e. The summed E-state index contributed by atoms with van der Waals surface area (Å²) in [6, 6.07) is 43.0. The van der Waals surface area contributed by atoms with Crippen LogP contribution in [-0.2, 0) is 31.1 Å². The van der Waals surface area contributed by atoms with Gasteiger partial charge in [0.15, 0.2) is 0 Å². The van der Waals surface area contributed by atoms with Gasteiger partial charge in [0.05, 0.1) is 33.7 Å². The fourth-order valence-corrected chi connectivity index (χ4v) is 8.13. The van der Waals surface area contributed by atoms with E-state index in [1.165, 1.54) is 0 Å². The maximum absolute atomic E-state index is 14.3. The van der Waals surface area contributed by atoms with Crippen LogP contribution in [0.4, 0.5) is 22.0 Å². The molecule has 320 valence electrons. The molecule has 8 rings (SSSR count). The van der Waals surface area contributed by atoms with Gasteiger partial charge < -0.3 is 23.7 Å². The van der Waals surface area contributed by atoms with Crippen molar-refractivity contribution in [2.45, 2.75) is 37.4 Å². The van der Waals surface area contributed by atoms with E-state index in [4.69, 9.17) is 18.9 Å². The molecule has 0 aliphatic carbocycles. The van der Waals surface area contributed by atoms with Gasteiger partial charge in [-0.15, -0.1) is 0 Å². The highest BCUT2D eigenvalue weighted by molar-refractivity contribution is 6.23. The van der Waals surface area contributed by atoms with Crippen LogP contribution >= 0.6 is 0 Å². The molecule has 0 aliphatic rings. The highest BCUT2D eigenvalue weighted by Crippen LogP contribution is 2.42. The van der Waals surface area contributed by atoms with E-state index in [0.29, 0.717) is 11.5 Å². The lowest BCUT2D eigenvalue weighted by Crippen LogP contribution is -2.34. The van der Waals surface area contributed by atoms with Gasteiger partial charge >= 0.3 is 11.9 Å². The minimum absolute atomic E-state index is 0.0407. The zero-order valence-corrected chi connectivity index (χ0v) is 34.1. The van der Waals surface area contributed by atoms with Crippen molar-refractivity contribution in [2.24, 2.45) is 0 Å². The molecule has 7 nitrogen and oxygen atoms in total. The molecule has 0 radical (unpaired) electrons. The Bertz CT molecular complexity index is 2830. The van der Waals surface area contributed by atoms with Gasteiger partial charge in [0.2, 0.25) is 34.8 Å². The van der Waals surface area contributed by atoms with E-state index < -0.39 is 71.3 Å². The van der Waals surface area contributed by atoms with Crippen molar-refractivity contribution in [1.29, 1.82) is 0 Å². The molecule has 0 aliphatic heterocycles. The Hall–Kier alpha value is -7.05. The quantitative estimate of drug-likeness (QED) is 0.0182. The number of carbonyl (C=O) groups is 2. The number of hydrogen-bond acceptors (Lipinski definition) is 7. The van der Waals surface area contributed by atoms with E-state index in [-0.39, 0.29) is 19.4 Å². The lowest BCUT2D eigenvalue weighted by Gasteiger charge is -2.36. The Morgan fingerprint density at radius 3 is 1.63 bits per heavy atom. The predicted octanol–water partition coefficient (Wildman–Crippen LogP) is 11.5. The number of carbonyl (C=O) groups excluding carboxylic acids is 2. The highest BCUT2D eigenvalue weighted by atomic mass is 19.2. The average Bonchev–Trinajstić information content (AvgIpc) is 3.32. The van der Waals surface area contributed by atoms with E-state index in [1.807, 2.05) is 109 Å². The molecule has 0 N–H and O–H groups in total. The van der Waals surface area contributed by atoms with Gasteiger partial charge in [-0.2, -0.15) is 8.78 Å². The molecule has 0 amide bonds. The first-order chi connectivity index (χ1) is 30.5. The van der Waals surface area contributed by atoms with Crippen molar-refractivity contribution < 1.29 is 55.2 Å². The Morgan fingerprint density at radius 1 is 0.540 bits per heavy atom. The van der Waals surface area contributed by atoms with Crippen LogP contribution in [0.25, 0.3) is 32.3 Å². The van der Waals surface area contributed by atoms with Gasteiger partial charge in [-0.05, 0) is 78.8 Å². The third kappa shape index (κ3) is 8.34. The third-order valence-corrected chi connectivity index (χ3v) is 11.2. The molecule has 0 aromatic heterocycles. The first-order valence-corrected chi connectivity index (χ1v) is 20.1. The predicted molar refractivity (Wildman–Crippen MR) is 228 cm³/mol. The molecular formula is C51H39F5O7. The summed E-state index contributed by atoms with van der Waals surface area (Å²) in [6.45, 7) is 0.0407. The number of methoxy groups -OCH3 is 2. The van der Waals surface area contributed by atoms with Crippen LogP contribution < -0.4 is 14.2 Å². The maximum atomic E-state index is 14.3. The topological polar surface area (TPSA) is 80.3 Å². The summed E-state index contributed by atoms with van der Waals surface area (Å²) in [5.74, 6) is -14.3. The molecule has 12 heteroatoms. The van der Waals surface area contributed by atoms with Gasteiger partial charge in [-0.1, -0.05) is 109 Å². The minimum Gasteiger partial charge on any atom is -0.497 e. The Kier molecular flexibility index (Phi) is 12.3. The molecule has 8 aromatic rings. The van der Waals surface area contributed by atoms with E-state index in [1.54, 1.807) is 14.2 Å². The van der Waals surface area contributed by atoms with Gasteiger partial charge in [-0.3, -0.25) is 9.59 Å². The number of ether oxygens (including phenoxy) is 5. The average molecular weight is 859 g/mol. The van der Waals surface area contributed by atoms with E-state index in [2.05, 4.69) is 29.0 Å². The van der Waals surface area contributed by atoms with Crippen LogP contribution in [0.5, 0.6) is 17.2 Å². The zero-order valence-electron chi connectivity index (χ0n) is 34.1. The van der Waals surface area contributed by atoms with Crippen molar-refractivity contribution in [3.8, 4) is 17.2 Å². The summed E-state index contributed by atoms with van der Waals surface area (Å²) in [7, 11) is 3.16. The second-order valence-electron chi connectivity index (χ2n) is 14.9. The largest absolute Gasteiger partial charge is 0.497 e. The zero-order chi connectivity index (χ0) is 44.3. The SMILES string of the molecule is COc1ccc(C(OCCC(Cc2ccc3ccc4cccc5ccc2c3c45)OC(=O)CCC(=O)Oc2c(F)c(F)c(F)c(F)c2F)(c2ccccc2)c2ccc(OC)cc2)cc1. The van der Waals surface area contributed by atoms with Crippen molar-refractivity contribution >= 4 is 44.3 Å². The molecule has 0 saturated carbocycles. The first-order valence-electron chi connectivity index (χ1n) is 20.1. The number of rotatable bonds is 16. The fourth-order valence-electron chi connectivity index (χ4n) is 8.13. The molecule has 0 bridgehead atoms. The smallest absolute Gasteiger partial charge is 0.311 e. The van der Waals surface area contributed by atoms with Gasteiger partial charge in [-0.25, -0.2) is 13.2 Å². The van der Waals surface area contributed by atoms with Crippen molar-refractivity contribution in [2.75, 3.05) is 20.8 Å². The second kappa shape index (κ2) is 18.1. The normalized spacial score (nSPS) is 12.2.